The van der Waals surface area contributed by atoms with Gasteiger partial charge in [-0.3, -0.25) is 4.79 Å². The summed E-state index contributed by atoms with van der Waals surface area (Å²) >= 11 is 0. The number of aromatic nitrogens is 2. The van der Waals surface area contributed by atoms with Crippen LogP contribution in [0.3, 0.4) is 0 Å². The maximum absolute atomic E-state index is 14.0. The van der Waals surface area contributed by atoms with Crippen LogP contribution >= 0.6 is 0 Å². The number of nitrogens with zero attached hydrogens (tertiary/aromatic N) is 7. The fourth-order valence-electron chi connectivity index (χ4n) is 6.58. The van der Waals surface area contributed by atoms with Crippen molar-refractivity contribution >= 4 is 28.5 Å². The number of hydrogen-bond donors (Lipinski definition) is 0. The van der Waals surface area contributed by atoms with Crippen molar-refractivity contribution in [3.05, 3.63) is 53.0 Å². The van der Waals surface area contributed by atoms with Crippen molar-refractivity contribution in [2.45, 2.75) is 91.0 Å². The lowest BCUT2D eigenvalue weighted by atomic mass is 9.72. The second-order valence-electron chi connectivity index (χ2n) is 14.6. The van der Waals surface area contributed by atoms with E-state index in [0.717, 1.165) is 52.4 Å². The zero-order chi connectivity index (χ0) is 29.9. The van der Waals surface area contributed by atoms with E-state index in [1.807, 2.05) is 29.2 Å². The molecule has 0 radical (unpaired) electrons. The van der Waals surface area contributed by atoms with Crippen LogP contribution in [0.4, 0.5) is 5.82 Å². The molecule has 6 rings (SSSR count). The molecule has 3 aliphatic rings. The first-order chi connectivity index (χ1) is 19.8. The molecule has 3 aromatic heterocycles. The highest BCUT2D eigenvalue weighted by Crippen LogP contribution is 2.43. The molecule has 1 saturated heterocycles. The molecule has 0 spiro atoms. The SMILES string of the molecule is CC1(C)CCC(c2cc(C(C)(C)C)c3oc(C(=O)N4CCN(c5cccc(C6=NN=NC6)n5)CC4(C)C)cc3n2)CC1. The summed E-state index contributed by atoms with van der Waals surface area (Å²) in [4.78, 5) is 28.1. The molecule has 5 heterocycles. The Morgan fingerprint density at radius 1 is 1.02 bits per heavy atom. The fraction of sp³-hybridized carbons (Fsp3) is 0.576. The maximum atomic E-state index is 14.0. The maximum Gasteiger partial charge on any atom is 0.290 e. The van der Waals surface area contributed by atoms with Crippen molar-refractivity contribution in [2.24, 2.45) is 20.9 Å². The number of rotatable bonds is 4. The van der Waals surface area contributed by atoms with Crippen LogP contribution in [0.15, 0.2) is 50.2 Å². The normalized spacial score (nSPS) is 20.8. The minimum Gasteiger partial charge on any atom is -0.449 e. The van der Waals surface area contributed by atoms with Gasteiger partial charge in [0.05, 0.1) is 11.2 Å². The lowest BCUT2D eigenvalue weighted by Crippen LogP contribution is -2.61. The van der Waals surface area contributed by atoms with Gasteiger partial charge in [0, 0.05) is 42.9 Å². The highest BCUT2D eigenvalue weighted by atomic mass is 16.3. The molecule has 222 valence electrons. The Morgan fingerprint density at radius 3 is 2.45 bits per heavy atom. The summed E-state index contributed by atoms with van der Waals surface area (Å²) in [7, 11) is 0. The summed E-state index contributed by atoms with van der Waals surface area (Å²) in [5.41, 5.74) is 5.15. The van der Waals surface area contributed by atoms with Crippen LogP contribution in [0.25, 0.3) is 11.1 Å². The summed E-state index contributed by atoms with van der Waals surface area (Å²) in [5.74, 6) is 1.58. The molecule has 0 bridgehead atoms. The second-order valence-corrected chi connectivity index (χ2v) is 14.6. The van der Waals surface area contributed by atoms with Gasteiger partial charge in [0.2, 0.25) is 0 Å². The number of carbonyl (C=O) groups excluding carboxylic acids is 1. The molecule has 0 N–H and O–H groups in total. The van der Waals surface area contributed by atoms with Gasteiger partial charge in [-0.25, -0.2) is 9.97 Å². The van der Waals surface area contributed by atoms with E-state index in [2.05, 4.69) is 74.9 Å². The van der Waals surface area contributed by atoms with E-state index >= 15 is 0 Å². The van der Waals surface area contributed by atoms with Crippen LogP contribution in [-0.2, 0) is 5.41 Å². The minimum atomic E-state index is -0.443. The first kappa shape index (κ1) is 28.5. The van der Waals surface area contributed by atoms with E-state index in [9.17, 15) is 4.79 Å². The number of fused-ring (bicyclic) bond motifs is 1. The molecule has 42 heavy (non-hydrogen) atoms. The predicted octanol–water partition coefficient (Wildman–Crippen LogP) is 7.12. The van der Waals surface area contributed by atoms with Crippen LogP contribution in [0.1, 0.15) is 108 Å². The molecule has 9 nitrogen and oxygen atoms in total. The lowest BCUT2D eigenvalue weighted by Gasteiger charge is -2.47. The zero-order valence-corrected chi connectivity index (χ0v) is 26.1. The van der Waals surface area contributed by atoms with Crippen molar-refractivity contribution in [1.29, 1.82) is 0 Å². The quantitative estimate of drug-likeness (QED) is 0.333. The van der Waals surface area contributed by atoms with E-state index in [0.29, 0.717) is 43.3 Å². The van der Waals surface area contributed by atoms with E-state index in [1.165, 1.54) is 12.8 Å². The summed E-state index contributed by atoms with van der Waals surface area (Å²) in [5, 5.41) is 11.8. The molecule has 9 heteroatoms. The van der Waals surface area contributed by atoms with Crippen molar-refractivity contribution < 1.29 is 9.21 Å². The molecule has 3 aromatic rings. The van der Waals surface area contributed by atoms with Crippen LogP contribution in [-0.4, -0.2) is 58.2 Å². The minimum absolute atomic E-state index is 0.0938. The number of piperazine rings is 1. The Balaban J connectivity index is 1.25. The fourth-order valence-corrected chi connectivity index (χ4v) is 6.58. The molecule has 1 amide bonds. The second kappa shape index (κ2) is 10.3. The van der Waals surface area contributed by atoms with Gasteiger partial charge < -0.3 is 14.2 Å². The molecule has 1 aliphatic carbocycles. The molecular formula is C33H43N7O2. The highest BCUT2D eigenvalue weighted by molar-refractivity contribution is 6.01. The molecule has 1 saturated carbocycles. The lowest BCUT2D eigenvalue weighted by molar-refractivity contribution is 0.0483. The van der Waals surface area contributed by atoms with Crippen LogP contribution in [0, 0.1) is 5.41 Å². The van der Waals surface area contributed by atoms with E-state index in [4.69, 9.17) is 14.4 Å². The van der Waals surface area contributed by atoms with Gasteiger partial charge in [-0.05, 0) is 73.8 Å². The van der Waals surface area contributed by atoms with Gasteiger partial charge in [0.25, 0.3) is 5.91 Å². The van der Waals surface area contributed by atoms with Crippen molar-refractivity contribution in [3.63, 3.8) is 0 Å². The van der Waals surface area contributed by atoms with Gasteiger partial charge in [-0.15, -0.1) is 5.10 Å². The number of anilines is 1. The average molecular weight is 570 g/mol. The summed E-state index contributed by atoms with van der Waals surface area (Å²) in [6.45, 7) is 17.9. The highest BCUT2D eigenvalue weighted by Gasteiger charge is 2.39. The largest absolute Gasteiger partial charge is 0.449 e. The van der Waals surface area contributed by atoms with Gasteiger partial charge in [0.15, 0.2) is 11.3 Å². The van der Waals surface area contributed by atoms with Crippen molar-refractivity contribution in [3.8, 4) is 0 Å². The molecular weight excluding hydrogens is 526 g/mol. The summed E-state index contributed by atoms with van der Waals surface area (Å²) in [6.07, 6.45) is 4.71. The Hall–Kier alpha value is -3.62. The first-order valence-electron chi connectivity index (χ1n) is 15.2. The van der Waals surface area contributed by atoms with Gasteiger partial charge in [-0.2, -0.15) is 5.11 Å². The zero-order valence-electron chi connectivity index (χ0n) is 26.1. The average Bonchev–Trinajstić information content (AvgIpc) is 3.62. The standard InChI is InChI=1S/C33H43N7O2/c1-31(2,3)22-17-24(21-11-13-32(4,5)14-12-21)35-25-18-27(42-29(22)25)30(41)40-16-15-39(20-33(40,6)7)28-10-8-9-23(36-28)26-19-34-38-37-26/h8-10,17-18,21H,11-16,19-20H2,1-7H3. The monoisotopic (exact) mass is 569 g/mol. The molecule has 0 atom stereocenters. The number of hydrogen-bond acceptors (Lipinski definition) is 8. The first-order valence-corrected chi connectivity index (χ1v) is 15.2. The van der Waals surface area contributed by atoms with Crippen molar-refractivity contribution in [2.75, 3.05) is 31.1 Å². The molecule has 2 fully saturated rings. The van der Waals surface area contributed by atoms with Crippen LogP contribution < -0.4 is 4.90 Å². The predicted molar refractivity (Wildman–Crippen MR) is 166 cm³/mol. The van der Waals surface area contributed by atoms with Gasteiger partial charge in [-0.1, -0.05) is 40.7 Å². The molecule has 2 aliphatic heterocycles. The third kappa shape index (κ3) is 5.45. The van der Waals surface area contributed by atoms with Gasteiger partial charge in [0.1, 0.15) is 23.6 Å². The number of carbonyl (C=O) groups is 1. The van der Waals surface area contributed by atoms with Crippen LogP contribution in [0.2, 0.25) is 0 Å². The molecule has 0 aromatic carbocycles. The third-order valence-corrected chi connectivity index (χ3v) is 9.23. The van der Waals surface area contributed by atoms with Crippen molar-refractivity contribution in [1.82, 2.24) is 14.9 Å². The summed E-state index contributed by atoms with van der Waals surface area (Å²) in [6, 6.07) is 10.0. The smallest absolute Gasteiger partial charge is 0.290 e. The van der Waals surface area contributed by atoms with E-state index in [1.54, 1.807) is 0 Å². The van der Waals surface area contributed by atoms with Crippen LogP contribution in [0.5, 0.6) is 0 Å². The van der Waals surface area contributed by atoms with E-state index < -0.39 is 5.54 Å². The third-order valence-electron chi connectivity index (χ3n) is 9.23. The van der Waals surface area contributed by atoms with Gasteiger partial charge >= 0.3 is 0 Å². The topological polar surface area (TPSA) is 99.6 Å². The Kier molecular flexibility index (Phi) is 6.97. The molecule has 0 unspecified atom stereocenters. The Bertz CT molecular complexity index is 1570. The number of pyridine rings is 2. The Labute approximate surface area is 248 Å². The number of amides is 1. The summed E-state index contributed by atoms with van der Waals surface area (Å²) < 4.78 is 6.38. The van der Waals surface area contributed by atoms with E-state index in [-0.39, 0.29) is 11.3 Å². The Morgan fingerprint density at radius 2 is 1.79 bits per heavy atom. The number of furan rings is 1.